The predicted molar refractivity (Wildman–Crippen MR) is 82.6 cm³/mol. The molecule has 2 aliphatic heterocycles. The van der Waals surface area contributed by atoms with Crippen LogP contribution >= 0.6 is 0 Å². The van der Waals surface area contributed by atoms with Gasteiger partial charge in [-0.3, -0.25) is 4.79 Å². The van der Waals surface area contributed by atoms with Crippen LogP contribution in [0.5, 0.6) is 5.75 Å². The van der Waals surface area contributed by atoms with Gasteiger partial charge in [-0.2, -0.15) is 0 Å². The number of rotatable bonds is 3. The molecule has 1 N–H and O–H groups in total. The van der Waals surface area contributed by atoms with E-state index in [4.69, 9.17) is 4.74 Å². The number of ether oxygens (including phenoxy) is 1. The minimum Gasteiger partial charge on any atom is -0.497 e. The van der Waals surface area contributed by atoms with Gasteiger partial charge in [0.2, 0.25) is 0 Å². The second-order valence-electron chi connectivity index (χ2n) is 6.02. The van der Waals surface area contributed by atoms with Crippen molar-refractivity contribution in [2.75, 3.05) is 26.7 Å². The monoisotopic (exact) mass is 288 g/mol. The number of amides is 1. The highest BCUT2D eigenvalue weighted by atomic mass is 16.5. The third-order valence-electron chi connectivity index (χ3n) is 4.83. The highest BCUT2D eigenvalue weighted by Crippen LogP contribution is 2.30. The Morgan fingerprint density at radius 1 is 1.19 bits per heavy atom. The summed E-state index contributed by atoms with van der Waals surface area (Å²) in [5, 5.41) is 3.41. The van der Waals surface area contributed by atoms with E-state index in [1.807, 2.05) is 24.3 Å². The quantitative estimate of drug-likeness (QED) is 0.928. The van der Waals surface area contributed by atoms with Gasteiger partial charge < -0.3 is 15.0 Å². The first-order valence-corrected chi connectivity index (χ1v) is 7.95. The SMILES string of the molecule is COc1ccc(C(=O)N2CCCC2C2CCNCC2)cc1. The molecular weight excluding hydrogens is 264 g/mol. The maximum absolute atomic E-state index is 12.8. The number of carbonyl (C=O) groups is 1. The lowest BCUT2D eigenvalue weighted by molar-refractivity contribution is 0.0666. The van der Waals surface area contributed by atoms with Crippen LogP contribution in [0.1, 0.15) is 36.0 Å². The van der Waals surface area contributed by atoms with Crippen molar-refractivity contribution in [2.24, 2.45) is 5.92 Å². The van der Waals surface area contributed by atoms with Crippen molar-refractivity contribution in [1.82, 2.24) is 10.2 Å². The summed E-state index contributed by atoms with van der Waals surface area (Å²) < 4.78 is 5.16. The topological polar surface area (TPSA) is 41.6 Å². The summed E-state index contributed by atoms with van der Waals surface area (Å²) >= 11 is 0. The number of hydrogen-bond acceptors (Lipinski definition) is 3. The molecule has 1 aromatic rings. The van der Waals surface area contributed by atoms with Gasteiger partial charge in [-0.1, -0.05) is 0 Å². The van der Waals surface area contributed by atoms with Crippen LogP contribution in [0.4, 0.5) is 0 Å². The van der Waals surface area contributed by atoms with E-state index >= 15 is 0 Å². The summed E-state index contributed by atoms with van der Waals surface area (Å²) in [6.45, 7) is 3.08. The molecule has 1 amide bonds. The summed E-state index contributed by atoms with van der Waals surface area (Å²) in [4.78, 5) is 14.9. The molecule has 1 atom stereocenters. The van der Waals surface area contributed by atoms with E-state index in [0.29, 0.717) is 12.0 Å². The first kappa shape index (κ1) is 14.4. The minimum absolute atomic E-state index is 0.179. The van der Waals surface area contributed by atoms with Gasteiger partial charge in [-0.15, -0.1) is 0 Å². The zero-order chi connectivity index (χ0) is 14.7. The van der Waals surface area contributed by atoms with Crippen molar-refractivity contribution in [3.8, 4) is 5.75 Å². The smallest absolute Gasteiger partial charge is 0.254 e. The van der Waals surface area contributed by atoms with Crippen LogP contribution in [0, 0.1) is 5.92 Å². The molecule has 2 fully saturated rings. The van der Waals surface area contributed by atoms with E-state index in [1.165, 1.54) is 12.8 Å². The van der Waals surface area contributed by atoms with Crippen molar-refractivity contribution in [3.63, 3.8) is 0 Å². The van der Waals surface area contributed by atoms with Crippen molar-refractivity contribution >= 4 is 5.91 Å². The van der Waals surface area contributed by atoms with Crippen LogP contribution in [0.2, 0.25) is 0 Å². The first-order chi connectivity index (χ1) is 10.3. The molecule has 3 rings (SSSR count). The average molecular weight is 288 g/mol. The molecule has 0 aromatic heterocycles. The zero-order valence-electron chi connectivity index (χ0n) is 12.7. The summed E-state index contributed by atoms with van der Waals surface area (Å²) in [6.07, 6.45) is 4.68. The minimum atomic E-state index is 0.179. The van der Waals surface area contributed by atoms with Gasteiger partial charge in [-0.25, -0.2) is 0 Å². The van der Waals surface area contributed by atoms with Crippen molar-refractivity contribution < 1.29 is 9.53 Å². The van der Waals surface area contributed by atoms with Gasteiger partial charge in [0.1, 0.15) is 5.75 Å². The maximum atomic E-state index is 12.8. The van der Waals surface area contributed by atoms with E-state index in [0.717, 1.165) is 43.8 Å². The van der Waals surface area contributed by atoms with Gasteiger partial charge in [0.05, 0.1) is 7.11 Å². The average Bonchev–Trinajstić information content (AvgIpc) is 3.04. The lowest BCUT2D eigenvalue weighted by atomic mass is 9.88. The number of methoxy groups -OCH3 is 1. The Morgan fingerprint density at radius 3 is 2.57 bits per heavy atom. The number of carbonyl (C=O) groups excluding carboxylic acids is 1. The molecule has 1 unspecified atom stereocenters. The van der Waals surface area contributed by atoms with Crippen molar-refractivity contribution in [2.45, 2.75) is 31.7 Å². The number of benzene rings is 1. The zero-order valence-corrected chi connectivity index (χ0v) is 12.7. The van der Waals surface area contributed by atoms with Crippen molar-refractivity contribution in [3.05, 3.63) is 29.8 Å². The van der Waals surface area contributed by atoms with Crippen LogP contribution in [0.25, 0.3) is 0 Å². The molecule has 0 saturated carbocycles. The third-order valence-corrected chi connectivity index (χ3v) is 4.83. The Labute approximate surface area is 126 Å². The molecule has 1 aromatic carbocycles. The molecular formula is C17H24N2O2. The van der Waals surface area contributed by atoms with Crippen LogP contribution < -0.4 is 10.1 Å². The molecule has 4 nitrogen and oxygen atoms in total. The van der Waals surface area contributed by atoms with E-state index in [2.05, 4.69) is 10.2 Å². The summed E-state index contributed by atoms with van der Waals surface area (Å²) in [5.41, 5.74) is 0.775. The fourth-order valence-electron chi connectivity index (χ4n) is 3.66. The number of likely N-dealkylation sites (tertiary alicyclic amines) is 1. The summed E-state index contributed by atoms with van der Waals surface area (Å²) in [7, 11) is 1.64. The van der Waals surface area contributed by atoms with E-state index in [9.17, 15) is 4.79 Å². The van der Waals surface area contributed by atoms with Gasteiger partial charge in [0.25, 0.3) is 5.91 Å². The summed E-state index contributed by atoms with van der Waals surface area (Å²) in [5.74, 6) is 1.64. The van der Waals surface area contributed by atoms with E-state index < -0.39 is 0 Å². The Kier molecular flexibility index (Phi) is 4.44. The standard InChI is InChI=1S/C17H24N2O2/c1-21-15-6-4-14(5-7-15)17(20)19-12-2-3-16(19)13-8-10-18-11-9-13/h4-7,13,16,18H,2-3,8-12H2,1H3. The molecule has 2 aliphatic rings. The molecule has 114 valence electrons. The second-order valence-corrected chi connectivity index (χ2v) is 6.02. The molecule has 0 bridgehead atoms. The van der Waals surface area contributed by atoms with Crippen LogP contribution in [-0.2, 0) is 0 Å². The predicted octanol–water partition coefficient (Wildman–Crippen LogP) is 2.30. The van der Waals surface area contributed by atoms with E-state index in [-0.39, 0.29) is 5.91 Å². The van der Waals surface area contributed by atoms with Crippen LogP contribution in [0.15, 0.2) is 24.3 Å². The molecule has 0 radical (unpaired) electrons. The fourth-order valence-corrected chi connectivity index (χ4v) is 3.66. The molecule has 0 aliphatic carbocycles. The molecule has 2 saturated heterocycles. The molecule has 4 heteroatoms. The molecule has 0 spiro atoms. The van der Waals surface area contributed by atoms with E-state index in [1.54, 1.807) is 7.11 Å². The van der Waals surface area contributed by atoms with Crippen LogP contribution in [-0.4, -0.2) is 43.6 Å². The molecule has 2 heterocycles. The lowest BCUT2D eigenvalue weighted by Gasteiger charge is -2.34. The number of hydrogen-bond donors (Lipinski definition) is 1. The van der Waals surface area contributed by atoms with Gasteiger partial charge in [0.15, 0.2) is 0 Å². The highest BCUT2D eigenvalue weighted by molar-refractivity contribution is 5.94. The molecule has 21 heavy (non-hydrogen) atoms. The Morgan fingerprint density at radius 2 is 1.90 bits per heavy atom. The Bertz CT molecular complexity index is 480. The highest BCUT2D eigenvalue weighted by Gasteiger charge is 2.35. The number of nitrogens with one attached hydrogen (secondary N) is 1. The largest absolute Gasteiger partial charge is 0.497 e. The third kappa shape index (κ3) is 3.05. The van der Waals surface area contributed by atoms with Gasteiger partial charge >= 0.3 is 0 Å². The number of piperidine rings is 1. The van der Waals surface area contributed by atoms with Crippen molar-refractivity contribution in [1.29, 1.82) is 0 Å². The second kappa shape index (κ2) is 6.48. The summed E-state index contributed by atoms with van der Waals surface area (Å²) in [6, 6.07) is 7.91. The first-order valence-electron chi connectivity index (χ1n) is 7.95. The Balaban J connectivity index is 1.72. The number of nitrogens with zero attached hydrogens (tertiary/aromatic N) is 1. The lowest BCUT2D eigenvalue weighted by Crippen LogP contribution is -2.43. The normalized spacial score (nSPS) is 23.3. The fraction of sp³-hybridized carbons (Fsp3) is 0.588. The maximum Gasteiger partial charge on any atom is 0.254 e. The Hall–Kier alpha value is -1.55. The van der Waals surface area contributed by atoms with Gasteiger partial charge in [-0.05, 0) is 69.0 Å². The van der Waals surface area contributed by atoms with Gasteiger partial charge in [0, 0.05) is 18.2 Å². The van der Waals surface area contributed by atoms with Crippen LogP contribution in [0.3, 0.4) is 0 Å².